The largest absolute Gasteiger partial charge is 0.496 e. The van der Waals surface area contributed by atoms with Crippen molar-refractivity contribution in [2.75, 3.05) is 14.2 Å². The summed E-state index contributed by atoms with van der Waals surface area (Å²) in [6.45, 7) is 2.10. The first-order valence-electron chi connectivity index (χ1n) is 8.21. The molecular weight excluding hydrogens is 412 g/mol. The van der Waals surface area contributed by atoms with Crippen molar-refractivity contribution in [2.45, 2.75) is 13.3 Å². The number of carbonyl (C=O) groups is 1. The van der Waals surface area contributed by atoms with Crippen molar-refractivity contribution in [2.24, 2.45) is 4.99 Å². The van der Waals surface area contributed by atoms with Gasteiger partial charge in [0.25, 0.3) is 5.91 Å². The second kappa shape index (κ2) is 8.10. The van der Waals surface area contributed by atoms with E-state index >= 15 is 0 Å². The first-order valence-corrected chi connectivity index (χ1v) is 9.82. The Kier molecular flexibility index (Phi) is 5.84. The number of rotatable bonds is 4. The van der Waals surface area contributed by atoms with Crippen molar-refractivity contribution in [3.63, 3.8) is 0 Å². The summed E-state index contributed by atoms with van der Waals surface area (Å²) in [6.07, 6.45) is 2.78. The van der Waals surface area contributed by atoms with E-state index in [0.29, 0.717) is 10.1 Å². The summed E-state index contributed by atoms with van der Waals surface area (Å²) in [5, 5.41) is 0.690. The highest BCUT2D eigenvalue weighted by molar-refractivity contribution is 9.10. The normalized spacial score (nSPS) is 17.4. The molecule has 0 unspecified atom stereocenters. The van der Waals surface area contributed by atoms with Gasteiger partial charge in [0.2, 0.25) is 0 Å². The quantitative estimate of drug-likeness (QED) is 0.621. The molecule has 0 spiro atoms. The Morgan fingerprint density at radius 3 is 2.73 bits per heavy atom. The number of ether oxygens (including phenoxy) is 1. The van der Waals surface area contributed by atoms with Crippen LogP contribution in [0.15, 0.2) is 56.8 Å². The molecule has 1 aliphatic heterocycles. The molecule has 2 aromatic rings. The molecule has 134 valence electrons. The summed E-state index contributed by atoms with van der Waals surface area (Å²) in [5.41, 5.74) is 3.00. The Hall–Kier alpha value is -2.05. The number of amidine groups is 1. The third-order valence-electron chi connectivity index (χ3n) is 4.07. The molecular formula is C20H19BrN2O2S. The van der Waals surface area contributed by atoms with Crippen molar-refractivity contribution in [1.82, 2.24) is 4.90 Å². The molecule has 2 aromatic carbocycles. The van der Waals surface area contributed by atoms with Gasteiger partial charge in [-0.25, -0.2) is 4.99 Å². The molecule has 26 heavy (non-hydrogen) atoms. The molecule has 1 amide bonds. The van der Waals surface area contributed by atoms with Crippen LogP contribution in [-0.4, -0.2) is 30.1 Å². The summed E-state index contributed by atoms with van der Waals surface area (Å²) in [6, 6.07) is 13.7. The topological polar surface area (TPSA) is 41.9 Å². The van der Waals surface area contributed by atoms with Gasteiger partial charge in [-0.2, -0.15) is 0 Å². The monoisotopic (exact) mass is 430 g/mol. The standard InChI is InChI=1S/C20H19BrN2O2S/c1-4-14-7-5-6-8-16(14)22-20-23(2)19(24)18(26-20)12-13-9-10-17(25-3)15(21)11-13/h5-12H,4H2,1-3H3/b18-12+,22-20?. The Morgan fingerprint density at radius 2 is 2.04 bits per heavy atom. The van der Waals surface area contributed by atoms with E-state index in [1.54, 1.807) is 19.1 Å². The highest BCUT2D eigenvalue weighted by Gasteiger charge is 2.30. The lowest BCUT2D eigenvalue weighted by Crippen LogP contribution is -2.23. The Balaban J connectivity index is 1.91. The smallest absolute Gasteiger partial charge is 0.266 e. The average molecular weight is 431 g/mol. The summed E-state index contributed by atoms with van der Waals surface area (Å²) in [4.78, 5) is 19.6. The predicted octanol–water partition coefficient (Wildman–Crippen LogP) is 5.25. The molecule has 6 heteroatoms. The van der Waals surface area contributed by atoms with Crippen LogP contribution in [0.3, 0.4) is 0 Å². The number of carbonyl (C=O) groups excluding carboxylic acids is 1. The number of benzene rings is 2. The number of amides is 1. The number of thioether (sulfide) groups is 1. The van der Waals surface area contributed by atoms with E-state index in [1.807, 2.05) is 42.5 Å². The SMILES string of the molecule is CCc1ccccc1N=C1S/C(=C/c2ccc(OC)c(Br)c2)C(=O)N1C. The molecule has 1 heterocycles. The number of hydrogen-bond donors (Lipinski definition) is 0. The highest BCUT2D eigenvalue weighted by atomic mass is 79.9. The van der Waals surface area contributed by atoms with Crippen molar-refractivity contribution in [3.8, 4) is 5.75 Å². The molecule has 0 N–H and O–H groups in total. The van der Waals surface area contributed by atoms with Gasteiger partial charge < -0.3 is 4.74 Å². The van der Waals surface area contributed by atoms with Gasteiger partial charge in [-0.1, -0.05) is 31.2 Å². The van der Waals surface area contributed by atoms with Crippen molar-refractivity contribution >= 4 is 50.5 Å². The lowest BCUT2D eigenvalue weighted by atomic mass is 10.1. The number of para-hydroxylation sites is 1. The third kappa shape index (κ3) is 3.86. The Bertz CT molecular complexity index is 908. The maximum absolute atomic E-state index is 12.6. The lowest BCUT2D eigenvalue weighted by Gasteiger charge is -2.08. The van der Waals surface area contributed by atoms with Crippen LogP contribution in [0.4, 0.5) is 5.69 Å². The van der Waals surface area contributed by atoms with Gasteiger partial charge in [-0.05, 0) is 69.5 Å². The van der Waals surface area contributed by atoms with Crippen LogP contribution in [0, 0.1) is 0 Å². The lowest BCUT2D eigenvalue weighted by molar-refractivity contribution is -0.121. The molecule has 0 atom stereocenters. The first kappa shape index (κ1) is 18.7. The van der Waals surface area contributed by atoms with Gasteiger partial charge in [-0.15, -0.1) is 0 Å². The van der Waals surface area contributed by atoms with E-state index in [0.717, 1.165) is 33.5 Å². The molecule has 1 saturated heterocycles. The molecule has 0 radical (unpaired) electrons. The summed E-state index contributed by atoms with van der Waals surface area (Å²) >= 11 is 4.87. The fourth-order valence-electron chi connectivity index (χ4n) is 2.60. The summed E-state index contributed by atoms with van der Waals surface area (Å²) < 4.78 is 6.10. The van der Waals surface area contributed by atoms with Crippen LogP contribution < -0.4 is 4.74 Å². The van der Waals surface area contributed by atoms with Gasteiger partial charge in [0.05, 0.1) is 22.2 Å². The Morgan fingerprint density at radius 1 is 1.27 bits per heavy atom. The predicted molar refractivity (Wildman–Crippen MR) is 112 cm³/mol. The number of aryl methyl sites for hydroxylation is 1. The van der Waals surface area contributed by atoms with Crippen LogP contribution in [0.5, 0.6) is 5.75 Å². The Labute approximate surface area is 166 Å². The fourth-order valence-corrected chi connectivity index (χ4v) is 4.14. The van der Waals surface area contributed by atoms with Crippen molar-refractivity contribution < 1.29 is 9.53 Å². The zero-order valence-electron chi connectivity index (χ0n) is 14.8. The number of hydrogen-bond acceptors (Lipinski definition) is 4. The van der Waals surface area contributed by atoms with Crippen molar-refractivity contribution in [3.05, 3.63) is 63.0 Å². The number of nitrogens with zero attached hydrogens (tertiary/aromatic N) is 2. The van der Waals surface area contributed by atoms with E-state index < -0.39 is 0 Å². The minimum Gasteiger partial charge on any atom is -0.496 e. The van der Waals surface area contributed by atoms with Crippen LogP contribution in [0.1, 0.15) is 18.1 Å². The first-order chi connectivity index (χ1) is 12.5. The van der Waals surface area contributed by atoms with E-state index in [-0.39, 0.29) is 5.91 Å². The number of likely N-dealkylation sites (N-methyl/N-ethyl adjacent to an activating group) is 1. The number of halogens is 1. The molecule has 0 aliphatic carbocycles. The molecule has 0 aromatic heterocycles. The van der Waals surface area contributed by atoms with Crippen molar-refractivity contribution in [1.29, 1.82) is 0 Å². The number of aliphatic imine (C=N–C) groups is 1. The minimum atomic E-state index is -0.0466. The molecule has 0 bridgehead atoms. The van der Waals surface area contributed by atoms with E-state index in [1.165, 1.54) is 11.8 Å². The molecule has 1 fully saturated rings. The minimum absolute atomic E-state index is 0.0466. The third-order valence-corrected chi connectivity index (χ3v) is 5.75. The second-order valence-electron chi connectivity index (χ2n) is 5.75. The molecule has 1 aliphatic rings. The van der Waals surface area contributed by atoms with Gasteiger partial charge in [0, 0.05) is 7.05 Å². The maximum atomic E-state index is 12.6. The van der Waals surface area contributed by atoms with Gasteiger partial charge in [0.1, 0.15) is 5.75 Å². The second-order valence-corrected chi connectivity index (χ2v) is 7.61. The van der Waals surface area contributed by atoms with E-state index in [2.05, 4.69) is 28.9 Å². The van der Waals surface area contributed by atoms with Gasteiger partial charge in [0.15, 0.2) is 5.17 Å². The zero-order chi connectivity index (χ0) is 18.7. The fraction of sp³-hybridized carbons (Fsp3) is 0.200. The van der Waals surface area contributed by atoms with Gasteiger partial charge in [-0.3, -0.25) is 9.69 Å². The zero-order valence-corrected chi connectivity index (χ0v) is 17.2. The maximum Gasteiger partial charge on any atom is 0.266 e. The molecule has 0 saturated carbocycles. The molecule has 3 rings (SSSR count). The van der Waals surface area contributed by atoms with E-state index in [9.17, 15) is 4.79 Å². The number of methoxy groups -OCH3 is 1. The average Bonchev–Trinajstić information content (AvgIpc) is 2.90. The van der Waals surface area contributed by atoms with Crippen LogP contribution >= 0.6 is 27.7 Å². The van der Waals surface area contributed by atoms with Crippen LogP contribution in [-0.2, 0) is 11.2 Å². The van der Waals surface area contributed by atoms with Crippen LogP contribution in [0.25, 0.3) is 6.08 Å². The summed E-state index contributed by atoms with van der Waals surface area (Å²) in [7, 11) is 3.38. The van der Waals surface area contributed by atoms with E-state index in [4.69, 9.17) is 9.73 Å². The highest BCUT2D eigenvalue weighted by Crippen LogP contribution is 2.35. The summed E-state index contributed by atoms with van der Waals surface area (Å²) in [5.74, 6) is 0.711. The molecule has 4 nitrogen and oxygen atoms in total. The van der Waals surface area contributed by atoms with Crippen LogP contribution in [0.2, 0.25) is 0 Å². The van der Waals surface area contributed by atoms with Gasteiger partial charge >= 0.3 is 0 Å².